The third-order valence-electron chi connectivity index (χ3n) is 3.02. The van der Waals surface area contributed by atoms with E-state index in [1.165, 1.54) is 0 Å². The average Bonchev–Trinajstić information content (AvgIpc) is 2.42. The van der Waals surface area contributed by atoms with E-state index in [4.69, 9.17) is 9.84 Å². The molecule has 0 saturated carbocycles. The van der Waals surface area contributed by atoms with Gasteiger partial charge in [0.05, 0.1) is 11.1 Å². The number of rotatable bonds is 6. The molecule has 0 aliphatic heterocycles. The van der Waals surface area contributed by atoms with Crippen LogP contribution in [-0.4, -0.2) is 36.3 Å². The van der Waals surface area contributed by atoms with Gasteiger partial charge in [0, 0.05) is 37.0 Å². The van der Waals surface area contributed by atoms with Crippen LogP contribution in [-0.2, 0) is 4.74 Å². The number of methoxy groups -OCH3 is 1. The Morgan fingerprint density at radius 3 is 2.90 bits per heavy atom. The Labute approximate surface area is 117 Å². The van der Waals surface area contributed by atoms with Gasteiger partial charge in [-0.1, -0.05) is 0 Å². The molecule has 2 N–H and O–H groups in total. The van der Waals surface area contributed by atoms with Crippen LogP contribution in [0.5, 0.6) is 0 Å². The summed E-state index contributed by atoms with van der Waals surface area (Å²) < 4.78 is 5.01. The van der Waals surface area contributed by atoms with E-state index in [2.05, 4.69) is 10.3 Å². The molecule has 0 unspecified atom stereocenters. The molecule has 0 amide bonds. The molecule has 0 aliphatic carbocycles. The molecule has 5 nitrogen and oxygen atoms in total. The van der Waals surface area contributed by atoms with Crippen molar-refractivity contribution >= 4 is 22.6 Å². The van der Waals surface area contributed by atoms with Crippen LogP contribution in [0.3, 0.4) is 0 Å². The molecule has 0 saturated heterocycles. The Hall–Kier alpha value is -2.14. The van der Waals surface area contributed by atoms with Crippen molar-refractivity contribution in [3.63, 3.8) is 0 Å². The first-order valence-electron chi connectivity index (χ1n) is 6.49. The second-order valence-electron chi connectivity index (χ2n) is 4.62. The lowest BCUT2D eigenvalue weighted by Gasteiger charge is -2.11. The van der Waals surface area contributed by atoms with E-state index in [1.54, 1.807) is 25.3 Å². The summed E-state index contributed by atoms with van der Waals surface area (Å²) in [5.41, 5.74) is 2.87. The molecular weight excluding hydrogens is 256 g/mol. The minimum absolute atomic E-state index is 0.267. The molecule has 0 spiro atoms. The van der Waals surface area contributed by atoms with Gasteiger partial charge < -0.3 is 15.2 Å². The van der Waals surface area contributed by atoms with Gasteiger partial charge in [-0.25, -0.2) is 4.79 Å². The van der Waals surface area contributed by atoms with E-state index >= 15 is 0 Å². The summed E-state index contributed by atoms with van der Waals surface area (Å²) in [6.45, 7) is 3.38. The fourth-order valence-corrected chi connectivity index (χ4v) is 2.08. The van der Waals surface area contributed by atoms with Gasteiger partial charge in [-0.3, -0.25) is 4.98 Å². The van der Waals surface area contributed by atoms with Gasteiger partial charge in [0.25, 0.3) is 0 Å². The Morgan fingerprint density at radius 2 is 2.20 bits per heavy atom. The van der Waals surface area contributed by atoms with Crippen LogP contribution in [0.1, 0.15) is 22.5 Å². The molecule has 106 valence electrons. The van der Waals surface area contributed by atoms with Crippen LogP contribution >= 0.6 is 0 Å². The second kappa shape index (κ2) is 6.34. The number of ether oxygens (including phenoxy) is 1. The zero-order valence-electron chi connectivity index (χ0n) is 11.6. The maximum Gasteiger partial charge on any atom is 0.335 e. The smallest absolute Gasteiger partial charge is 0.335 e. The van der Waals surface area contributed by atoms with Crippen molar-refractivity contribution < 1.29 is 14.6 Å². The Morgan fingerprint density at radius 1 is 1.40 bits per heavy atom. The number of carboxylic acids is 1. The van der Waals surface area contributed by atoms with Gasteiger partial charge in [0.1, 0.15) is 0 Å². The molecule has 0 aliphatic rings. The van der Waals surface area contributed by atoms with Crippen molar-refractivity contribution in [2.24, 2.45) is 0 Å². The molecule has 1 aromatic heterocycles. The lowest BCUT2D eigenvalue weighted by atomic mass is 10.1. The standard InChI is InChI=1S/C15H18N2O3/c1-10-8-14(16-6-3-7-20-2)12-9-11(15(18)19)4-5-13(12)17-10/h4-5,8-9H,3,6-7H2,1-2H3,(H,16,17)(H,18,19). The predicted octanol–water partition coefficient (Wildman–Crippen LogP) is 2.69. The number of benzene rings is 1. The maximum atomic E-state index is 11.1. The maximum absolute atomic E-state index is 11.1. The van der Waals surface area contributed by atoms with Crippen LogP contribution in [0.25, 0.3) is 10.9 Å². The number of nitrogens with zero attached hydrogens (tertiary/aromatic N) is 1. The van der Waals surface area contributed by atoms with Gasteiger partial charge in [-0.15, -0.1) is 0 Å². The highest BCUT2D eigenvalue weighted by Crippen LogP contribution is 2.24. The van der Waals surface area contributed by atoms with Crippen LogP contribution in [0.15, 0.2) is 24.3 Å². The van der Waals surface area contributed by atoms with E-state index in [9.17, 15) is 4.79 Å². The van der Waals surface area contributed by atoms with Crippen LogP contribution in [0.2, 0.25) is 0 Å². The Kier molecular flexibility index (Phi) is 4.53. The van der Waals surface area contributed by atoms with Crippen molar-refractivity contribution in [3.05, 3.63) is 35.5 Å². The number of hydrogen-bond acceptors (Lipinski definition) is 4. The molecule has 0 radical (unpaired) electrons. The first kappa shape index (κ1) is 14.3. The first-order chi connectivity index (χ1) is 9.61. The van der Waals surface area contributed by atoms with Gasteiger partial charge >= 0.3 is 5.97 Å². The number of pyridine rings is 1. The van der Waals surface area contributed by atoms with Crippen LogP contribution in [0.4, 0.5) is 5.69 Å². The number of nitrogens with one attached hydrogen (secondary N) is 1. The largest absolute Gasteiger partial charge is 0.478 e. The summed E-state index contributed by atoms with van der Waals surface area (Å²) in [6.07, 6.45) is 0.887. The summed E-state index contributed by atoms with van der Waals surface area (Å²) in [5.74, 6) is -0.933. The minimum atomic E-state index is -0.933. The molecule has 0 bridgehead atoms. The van der Waals surface area contributed by atoms with Crippen LogP contribution < -0.4 is 5.32 Å². The van der Waals surface area contributed by atoms with Gasteiger partial charge in [-0.05, 0) is 37.6 Å². The molecule has 0 fully saturated rings. The monoisotopic (exact) mass is 274 g/mol. The molecule has 5 heteroatoms. The van der Waals surface area contributed by atoms with Crippen molar-refractivity contribution in [1.29, 1.82) is 0 Å². The third-order valence-corrected chi connectivity index (χ3v) is 3.02. The number of carbonyl (C=O) groups is 1. The third kappa shape index (κ3) is 3.24. The molecule has 0 atom stereocenters. The number of aromatic nitrogens is 1. The molecule has 2 aromatic rings. The SMILES string of the molecule is COCCCNc1cc(C)nc2ccc(C(=O)O)cc12. The molecule has 2 rings (SSSR count). The fourth-order valence-electron chi connectivity index (χ4n) is 2.08. The topological polar surface area (TPSA) is 71.5 Å². The predicted molar refractivity (Wildman–Crippen MR) is 78.4 cm³/mol. The quantitative estimate of drug-likeness (QED) is 0.792. The number of carboxylic acid groups (broad SMARTS) is 1. The van der Waals surface area contributed by atoms with E-state index < -0.39 is 5.97 Å². The van der Waals surface area contributed by atoms with E-state index in [1.807, 2.05) is 13.0 Å². The van der Waals surface area contributed by atoms with E-state index in [-0.39, 0.29) is 5.56 Å². The van der Waals surface area contributed by atoms with Gasteiger partial charge in [0.2, 0.25) is 0 Å². The average molecular weight is 274 g/mol. The fraction of sp³-hybridized carbons (Fsp3) is 0.333. The Balaban J connectivity index is 2.34. The lowest BCUT2D eigenvalue weighted by Crippen LogP contribution is -2.06. The van der Waals surface area contributed by atoms with Crippen LogP contribution in [0, 0.1) is 6.92 Å². The van der Waals surface area contributed by atoms with Crippen molar-refractivity contribution in [1.82, 2.24) is 4.98 Å². The Bertz CT molecular complexity index is 626. The minimum Gasteiger partial charge on any atom is -0.478 e. The first-order valence-corrected chi connectivity index (χ1v) is 6.49. The summed E-state index contributed by atoms with van der Waals surface area (Å²) in [7, 11) is 1.67. The summed E-state index contributed by atoms with van der Waals surface area (Å²) in [6, 6.07) is 6.90. The second-order valence-corrected chi connectivity index (χ2v) is 4.62. The lowest BCUT2D eigenvalue weighted by molar-refractivity contribution is 0.0697. The van der Waals surface area contributed by atoms with E-state index in [0.717, 1.165) is 35.2 Å². The van der Waals surface area contributed by atoms with E-state index in [0.29, 0.717) is 6.61 Å². The number of fused-ring (bicyclic) bond motifs is 1. The number of aryl methyl sites for hydroxylation is 1. The molecular formula is C15H18N2O3. The number of anilines is 1. The number of hydrogen-bond donors (Lipinski definition) is 2. The molecule has 1 aromatic carbocycles. The molecule has 20 heavy (non-hydrogen) atoms. The zero-order valence-corrected chi connectivity index (χ0v) is 11.6. The summed E-state index contributed by atoms with van der Waals surface area (Å²) >= 11 is 0. The molecule has 1 heterocycles. The van der Waals surface area contributed by atoms with Crippen molar-refractivity contribution in [3.8, 4) is 0 Å². The number of aromatic carboxylic acids is 1. The zero-order chi connectivity index (χ0) is 14.5. The van der Waals surface area contributed by atoms with Crippen molar-refractivity contribution in [2.45, 2.75) is 13.3 Å². The van der Waals surface area contributed by atoms with Gasteiger partial charge in [0.15, 0.2) is 0 Å². The van der Waals surface area contributed by atoms with Gasteiger partial charge in [-0.2, -0.15) is 0 Å². The highest BCUT2D eigenvalue weighted by Gasteiger charge is 2.08. The summed E-state index contributed by atoms with van der Waals surface area (Å²) in [4.78, 5) is 15.5. The van der Waals surface area contributed by atoms with Crippen molar-refractivity contribution in [2.75, 3.05) is 25.6 Å². The normalized spacial score (nSPS) is 10.7. The summed E-state index contributed by atoms with van der Waals surface area (Å²) in [5, 5.41) is 13.2. The highest BCUT2D eigenvalue weighted by atomic mass is 16.5. The highest BCUT2D eigenvalue weighted by molar-refractivity contribution is 5.98.